The Morgan fingerprint density at radius 1 is 1.17 bits per heavy atom. The molecule has 1 fully saturated rings. The highest BCUT2D eigenvalue weighted by molar-refractivity contribution is 7.13. The minimum atomic E-state index is -0.781. The van der Waals surface area contributed by atoms with Crippen molar-refractivity contribution in [2.45, 2.75) is 26.2 Å². The van der Waals surface area contributed by atoms with Crippen LogP contribution < -0.4 is 4.74 Å². The number of carbonyl (C=O) groups excluding carboxylic acids is 1. The van der Waals surface area contributed by atoms with Crippen molar-refractivity contribution in [1.82, 2.24) is 9.88 Å². The number of halogens is 2. The standard InChI is InChI=1S/C22H19F2N3O2S/c1-14(28)27-11-5-4-8-21(27)26-22-25-18(13-30-22)16-6-2-3-7-19(16)29-20-10-9-15(23)12-17(20)24/h2-3,6-7,9-10,12-13H,4-5,8,11H2,1H3. The van der Waals surface area contributed by atoms with E-state index in [0.29, 0.717) is 28.7 Å². The van der Waals surface area contributed by atoms with Crippen molar-refractivity contribution in [3.63, 3.8) is 0 Å². The van der Waals surface area contributed by atoms with Crippen molar-refractivity contribution in [1.29, 1.82) is 0 Å². The number of benzene rings is 2. The van der Waals surface area contributed by atoms with E-state index in [1.54, 1.807) is 17.0 Å². The number of carbonyl (C=O) groups is 1. The molecule has 0 unspecified atom stereocenters. The molecule has 4 rings (SSSR count). The van der Waals surface area contributed by atoms with Gasteiger partial charge in [-0.3, -0.25) is 4.79 Å². The fourth-order valence-corrected chi connectivity index (χ4v) is 3.97. The second-order valence-corrected chi connectivity index (χ2v) is 7.68. The van der Waals surface area contributed by atoms with E-state index in [4.69, 9.17) is 4.74 Å². The Kier molecular flexibility index (Phi) is 5.85. The molecular formula is C22H19F2N3O2S. The molecule has 5 nitrogen and oxygen atoms in total. The number of likely N-dealkylation sites (tertiary alicyclic amines) is 1. The van der Waals surface area contributed by atoms with E-state index in [9.17, 15) is 13.6 Å². The summed E-state index contributed by atoms with van der Waals surface area (Å²) in [5.41, 5.74) is 1.29. The number of aromatic nitrogens is 1. The molecule has 1 amide bonds. The average molecular weight is 427 g/mol. The Morgan fingerprint density at radius 2 is 2.00 bits per heavy atom. The number of rotatable bonds is 4. The first-order valence-corrected chi connectivity index (χ1v) is 10.4. The summed E-state index contributed by atoms with van der Waals surface area (Å²) < 4.78 is 32.9. The third-order valence-electron chi connectivity index (χ3n) is 4.72. The summed E-state index contributed by atoms with van der Waals surface area (Å²) in [6.07, 6.45) is 2.69. The number of amides is 1. The Labute approximate surface area is 176 Å². The zero-order chi connectivity index (χ0) is 21.1. The molecule has 0 aliphatic carbocycles. The second-order valence-electron chi connectivity index (χ2n) is 6.84. The lowest BCUT2D eigenvalue weighted by Gasteiger charge is -2.26. The zero-order valence-electron chi connectivity index (χ0n) is 16.3. The highest BCUT2D eigenvalue weighted by atomic mass is 32.1. The Bertz CT molecular complexity index is 1110. The van der Waals surface area contributed by atoms with E-state index in [-0.39, 0.29) is 11.7 Å². The maximum Gasteiger partial charge on any atom is 0.224 e. The van der Waals surface area contributed by atoms with Crippen LogP contribution in [0.1, 0.15) is 26.2 Å². The molecule has 1 aliphatic rings. The molecule has 2 heterocycles. The molecule has 1 aromatic heterocycles. The van der Waals surface area contributed by atoms with Crippen LogP contribution in [0.25, 0.3) is 11.3 Å². The lowest BCUT2D eigenvalue weighted by Crippen LogP contribution is -2.38. The van der Waals surface area contributed by atoms with Gasteiger partial charge in [0.15, 0.2) is 11.6 Å². The molecule has 1 aliphatic heterocycles. The largest absolute Gasteiger partial charge is 0.454 e. The summed E-state index contributed by atoms with van der Waals surface area (Å²) in [4.78, 5) is 22.7. The van der Waals surface area contributed by atoms with E-state index in [1.807, 2.05) is 17.5 Å². The van der Waals surface area contributed by atoms with E-state index >= 15 is 0 Å². The fraction of sp³-hybridized carbons (Fsp3) is 0.227. The van der Waals surface area contributed by atoms with Crippen LogP contribution in [0.4, 0.5) is 13.9 Å². The summed E-state index contributed by atoms with van der Waals surface area (Å²) in [5.74, 6) is -0.414. The predicted octanol–water partition coefficient (Wildman–Crippen LogP) is 5.94. The lowest BCUT2D eigenvalue weighted by molar-refractivity contribution is -0.125. The molecule has 1 saturated heterocycles. The van der Waals surface area contributed by atoms with Gasteiger partial charge in [-0.15, -0.1) is 11.3 Å². The maximum atomic E-state index is 14.0. The van der Waals surface area contributed by atoms with E-state index in [2.05, 4.69) is 9.98 Å². The van der Waals surface area contributed by atoms with Gasteiger partial charge in [0.05, 0.1) is 5.69 Å². The molecule has 0 radical (unpaired) electrons. The summed E-state index contributed by atoms with van der Waals surface area (Å²) in [7, 11) is 0. The zero-order valence-corrected chi connectivity index (χ0v) is 17.1. The van der Waals surface area contributed by atoms with E-state index < -0.39 is 11.6 Å². The average Bonchev–Trinajstić information content (AvgIpc) is 3.19. The number of para-hydroxylation sites is 1. The van der Waals surface area contributed by atoms with Crippen molar-refractivity contribution in [3.8, 4) is 22.8 Å². The van der Waals surface area contributed by atoms with E-state index in [0.717, 1.165) is 37.2 Å². The number of thiazole rings is 1. The number of aliphatic imine (C=N–C) groups is 1. The molecule has 30 heavy (non-hydrogen) atoms. The van der Waals surface area contributed by atoms with Gasteiger partial charge in [0.2, 0.25) is 11.0 Å². The van der Waals surface area contributed by atoms with Crippen LogP contribution in [0.5, 0.6) is 11.5 Å². The highest BCUT2D eigenvalue weighted by Crippen LogP contribution is 2.36. The second kappa shape index (κ2) is 8.71. The van der Waals surface area contributed by atoms with Gasteiger partial charge in [-0.25, -0.2) is 18.8 Å². The number of nitrogens with zero attached hydrogens (tertiary/aromatic N) is 3. The topological polar surface area (TPSA) is 54.8 Å². The number of hydrogen-bond donors (Lipinski definition) is 0. The minimum absolute atomic E-state index is 0.0229. The van der Waals surface area contributed by atoms with Gasteiger partial charge in [-0.05, 0) is 37.1 Å². The van der Waals surface area contributed by atoms with Gasteiger partial charge < -0.3 is 9.64 Å². The van der Waals surface area contributed by atoms with Gasteiger partial charge in [0.25, 0.3) is 0 Å². The van der Waals surface area contributed by atoms with Crippen molar-refractivity contribution in [3.05, 3.63) is 59.5 Å². The third-order valence-corrected chi connectivity index (χ3v) is 5.45. The smallest absolute Gasteiger partial charge is 0.224 e. The number of hydrogen-bond acceptors (Lipinski definition) is 5. The van der Waals surface area contributed by atoms with Gasteiger partial charge in [0, 0.05) is 36.9 Å². The predicted molar refractivity (Wildman–Crippen MR) is 112 cm³/mol. The van der Waals surface area contributed by atoms with Gasteiger partial charge in [-0.2, -0.15) is 0 Å². The van der Waals surface area contributed by atoms with Crippen LogP contribution in [0.2, 0.25) is 0 Å². The van der Waals surface area contributed by atoms with Crippen molar-refractivity contribution >= 4 is 28.2 Å². The van der Waals surface area contributed by atoms with Crippen LogP contribution in [0.3, 0.4) is 0 Å². The van der Waals surface area contributed by atoms with Gasteiger partial charge in [0.1, 0.15) is 17.4 Å². The molecule has 0 spiro atoms. The van der Waals surface area contributed by atoms with Crippen LogP contribution in [0.15, 0.2) is 52.8 Å². The molecular weight excluding hydrogens is 408 g/mol. The Hall–Kier alpha value is -3.13. The molecule has 3 aromatic rings. The number of amidine groups is 1. The quantitative estimate of drug-likeness (QED) is 0.518. The maximum absolute atomic E-state index is 14.0. The SMILES string of the molecule is CC(=O)N1CCCCC1=Nc1nc(-c2ccccc2Oc2ccc(F)cc2F)cs1. The molecule has 0 atom stereocenters. The summed E-state index contributed by atoms with van der Waals surface area (Å²) in [5, 5.41) is 2.37. The van der Waals surface area contributed by atoms with Crippen LogP contribution >= 0.6 is 11.3 Å². The minimum Gasteiger partial charge on any atom is -0.454 e. The molecule has 0 saturated carbocycles. The van der Waals surface area contributed by atoms with Crippen LogP contribution in [0, 0.1) is 11.6 Å². The normalized spacial score (nSPS) is 15.4. The fourth-order valence-electron chi connectivity index (χ4n) is 3.27. The van der Waals surface area contributed by atoms with Crippen molar-refractivity contribution in [2.75, 3.05) is 6.54 Å². The third kappa shape index (κ3) is 4.38. The van der Waals surface area contributed by atoms with Crippen molar-refractivity contribution < 1.29 is 18.3 Å². The summed E-state index contributed by atoms with van der Waals surface area (Å²) >= 11 is 1.36. The summed E-state index contributed by atoms with van der Waals surface area (Å²) in [6.45, 7) is 2.21. The molecule has 2 aromatic carbocycles. The van der Waals surface area contributed by atoms with Gasteiger partial charge >= 0.3 is 0 Å². The first-order chi connectivity index (χ1) is 14.5. The number of ether oxygens (including phenoxy) is 1. The van der Waals surface area contributed by atoms with Crippen LogP contribution in [-0.2, 0) is 4.79 Å². The first-order valence-electron chi connectivity index (χ1n) is 9.55. The van der Waals surface area contributed by atoms with Gasteiger partial charge in [-0.1, -0.05) is 12.1 Å². The van der Waals surface area contributed by atoms with Crippen LogP contribution in [-0.4, -0.2) is 28.2 Å². The Morgan fingerprint density at radius 3 is 2.80 bits per heavy atom. The van der Waals surface area contributed by atoms with E-state index in [1.165, 1.54) is 24.3 Å². The lowest BCUT2D eigenvalue weighted by atomic mass is 10.1. The number of piperidine rings is 1. The molecule has 154 valence electrons. The highest BCUT2D eigenvalue weighted by Gasteiger charge is 2.21. The monoisotopic (exact) mass is 427 g/mol. The Balaban J connectivity index is 1.62. The van der Waals surface area contributed by atoms with Crippen molar-refractivity contribution in [2.24, 2.45) is 4.99 Å². The molecule has 8 heteroatoms. The summed E-state index contributed by atoms with van der Waals surface area (Å²) in [6, 6.07) is 10.3. The first kappa shape index (κ1) is 20.2. The molecule has 0 N–H and O–H groups in total. The molecule has 0 bridgehead atoms.